The Kier molecular flexibility index (Phi) is 8.28. The highest BCUT2D eigenvalue weighted by Crippen LogP contribution is 2.19. The predicted molar refractivity (Wildman–Crippen MR) is 119 cm³/mol. The van der Waals surface area contributed by atoms with Crippen molar-refractivity contribution in [2.24, 2.45) is 0 Å². The predicted octanol–water partition coefficient (Wildman–Crippen LogP) is 3.01. The van der Waals surface area contributed by atoms with Crippen molar-refractivity contribution in [3.63, 3.8) is 0 Å². The monoisotopic (exact) mass is 434 g/mol. The third-order valence-electron chi connectivity index (χ3n) is 4.32. The number of sulfonamides is 1. The van der Waals surface area contributed by atoms with Crippen LogP contribution >= 0.6 is 11.8 Å². The lowest BCUT2D eigenvalue weighted by Crippen LogP contribution is -2.41. The van der Waals surface area contributed by atoms with E-state index in [1.54, 1.807) is 30.0 Å². The number of thioether (sulfide) groups is 1. The third-order valence-corrected chi connectivity index (χ3v) is 6.46. The van der Waals surface area contributed by atoms with E-state index in [2.05, 4.69) is 24.4 Å². The Labute approximate surface area is 176 Å². The molecular formula is C21H26N2O4S2. The molecule has 0 saturated heterocycles. The van der Waals surface area contributed by atoms with Crippen molar-refractivity contribution in [1.82, 2.24) is 5.32 Å². The van der Waals surface area contributed by atoms with Crippen LogP contribution in [-0.2, 0) is 20.6 Å². The fraction of sp³-hybridized carbons (Fsp3) is 0.333. The van der Waals surface area contributed by atoms with Gasteiger partial charge in [-0.25, -0.2) is 8.42 Å². The molecule has 2 aromatic carbocycles. The molecule has 0 heterocycles. The molecule has 0 spiro atoms. The molecule has 156 valence electrons. The minimum atomic E-state index is -3.68. The number of amides is 1. The van der Waals surface area contributed by atoms with Crippen LogP contribution in [0, 0.1) is 6.92 Å². The van der Waals surface area contributed by atoms with Gasteiger partial charge in [0, 0.05) is 23.6 Å². The molecule has 0 saturated carbocycles. The van der Waals surface area contributed by atoms with Crippen molar-refractivity contribution in [2.45, 2.75) is 19.6 Å². The highest BCUT2D eigenvalue weighted by atomic mass is 32.2. The molecule has 6 nitrogen and oxygen atoms in total. The number of nitrogens with one attached hydrogen (secondary N) is 1. The van der Waals surface area contributed by atoms with Crippen molar-refractivity contribution in [3.8, 4) is 0 Å². The summed E-state index contributed by atoms with van der Waals surface area (Å²) in [5.74, 6) is 1.02. The molecule has 0 bridgehead atoms. The second-order valence-electron chi connectivity index (χ2n) is 6.71. The summed E-state index contributed by atoms with van der Waals surface area (Å²) in [5, 5.41) is 2.76. The normalized spacial score (nSPS) is 11.1. The van der Waals surface area contributed by atoms with Crippen molar-refractivity contribution in [2.75, 3.05) is 29.4 Å². The third kappa shape index (κ3) is 7.21. The van der Waals surface area contributed by atoms with Gasteiger partial charge >= 0.3 is 0 Å². The van der Waals surface area contributed by atoms with E-state index in [4.69, 9.17) is 0 Å². The zero-order valence-electron chi connectivity index (χ0n) is 16.8. The Morgan fingerprint density at radius 3 is 2.48 bits per heavy atom. The van der Waals surface area contributed by atoms with Gasteiger partial charge in [0.2, 0.25) is 15.9 Å². The Balaban J connectivity index is 1.90. The molecule has 0 aliphatic heterocycles. The first kappa shape index (κ1) is 23.0. The van der Waals surface area contributed by atoms with E-state index >= 15 is 0 Å². The molecule has 0 aromatic heterocycles. The van der Waals surface area contributed by atoms with Gasteiger partial charge in [0.05, 0.1) is 11.9 Å². The average molecular weight is 435 g/mol. The van der Waals surface area contributed by atoms with E-state index < -0.39 is 10.0 Å². The fourth-order valence-corrected chi connectivity index (χ4v) is 4.47. The first-order valence-corrected chi connectivity index (χ1v) is 12.2. The van der Waals surface area contributed by atoms with Crippen molar-refractivity contribution in [1.29, 1.82) is 0 Å². The van der Waals surface area contributed by atoms with Gasteiger partial charge in [0.1, 0.15) is 6.54 Å². The number of carbonyl (C=O) groups excluding carboxylic acids is 2. The number of rotatable bonds is 10. The van der Waals surface area contributed by atoms with Crippen LogP contribution in [0.3, 0.4) is 0 Å². The van der Waals surface area contributed by atoms with Gasteiger partial charge in [-0.2, -0.15) is 11.8 Å². The largest absolute Gasteiger partial charge is 0.354 e. The van der Waals surface area contributed by atoms with E-state index in [9.17, 15) is 18.0 Å². The molecule has 0 unspecified atom stereocenters. The maximum atomic E-state index is 12.3. The smallest absolute Gasteiger partial charge is 0.240 e. The van der Waals surface area contributed by atoms with Crippen LogP contribution in [0.5, 0.6) is 0 Å². The molecule has 1 amide bonds. The number of Topliss-reactive ketones (excluding diaryl/α,β-unsaturated/α-hetero) is 1. The second-order valence-corrected chi connectivity index (χ2v) is 9.72. The van der Waals surface area contributed by atoms with Gasteiger partial charge in [0.15, 0.2) is 5.78 Å². The SMILES string of the molecule is CC(=O)c1cccc(N(CC(=O)NCCSCc2ccccc2C)S(C)(=O)=O)c1. The summed E-state index contributed by atoms with van der Waals surface area (Å²) in [6.07, 6.45) is 1.04. The van der Waals surface area contributed by atoms with Gasteiger partial charge in [-0.3, -0.25) is 13.9 Å². The summed E-state index contributed by atoms with van der Waals surface area (Å²) in [5.41, 5.74) is 3.19. The number of benzene rings is 2. The molecule has 0 aliphatic carbocycles. The van der Waals surface area contributed by atoms with E-state index in [-0.39, 0.29) is 18.2 Å². The highest BCUT2D eigenvalue weighted by molar-refractivity contribution is 7.98. The van der Waals surface area contributed by atoms with Crippen LogP contribution in [0.4, 0.5) is 5.69 Å². The topological polar surface area (TPSA) is 83.6 Å². The number of aryl methyl sites for hydroxylation is 1. The Bertz CT molecular complexity index is 974. The van der Waals surface area contributed by atoms with E-state index in [1.165, 1.54) is 24.1 Å². The Hall–Kier alpha value is -2.32. The minimum Gasteiger partial charge on any atom is -0.354 e. The number of carbonyl (C=O) groups is 2. The molecule has 8 heteroatoms. The van der Waals surface area contributed by atoms with E-state index in [0.29, 0.717) is 17.8 Å². The van der Waals surface area contributed by atoms with Crippen LogP contribution in [-0.4, -0.2) is 45.2 Å². The first-order chi connectivity index (χ1) is 13.7. The Morgan fingerprint density at radius 1 is 1.10 bits per heavy atom. The van der Waals surface area contributed by atoms with Crippen molar-refractivity contribution >= 4 is 39.2 Å². The first-order valence-electron chi connectivity index (χ1n) is 9.16. The van der Waals surface area contributed by atoms with Crippen molar-refractivity contribution in [3.05, 3.63) is 65.2 Å². The van der Waals surface area contributed by atoms with Gasteiger partial charge in [-0.15, -0.1) is 0 Å². The number of hydrogen-bond acceptors (Lipinski definition) is 5. The zero-order chi connectivity index (χ0) is 21.4. The van der Waals surface area contributed by atoms with Gasteiger partial charge in [0.25, 0.3) is 0 Å². The molecule has 0 radical (unpaired) electrons. The number of ketones is 1. The maximum absolute atomic E-state index is 12.3. The molecular weight excluding hydrogens is 408 g/mol. The Morgan fingerprint density at radius 2 is 1.83 bits per heavy atom. The molecule has 0 atom stereocenters. The van der Waals surface area contributed by atoms with Crippen LogP contribution < -0.4 is 9.62 Å². The van der Waals surface area contributed by atoms with Crippen molar-refractivity contribution < 1.29 is 18.0 Å². The summed E-state index contributed by atoms with van der Waals surface area (Å²) in [6, 6.07) is 14.4. The van der Waals surface area contributed by atoms with Crippen LogP contribution in [0.15, 0.2) is 48.5 Å². The average Bonchev–Trinajstić information content (AvgIpc) is 2.66. The number of nitrogens with zero attached hydrogens (tertiary/aromatic N) is 1. The van der Waals surface area contributed by atoms with E-state index in [0.717, 1.165) is 22.1 Å². The minimum absolute atomic E-state index is 0.171. The number of anilines is 1. The summed E-state index contributed by atoms with van der Waals surface area (Å²) < 4.78 is 25.4. The van der Waals surface area contributed by atoms with Crippen LogP contribution in [0.2, 0.25) is 0 Å². The van der Waals surface area contributed by atoms with Crippen LogP contribution in [0.1, 0.15) is 28.4 Å². The van der Waals surface area contributed by atoms with Gasteiger partial charge in [-0.05, 0) is 37.1 Å². The molecule has 29 heavy (non-hydrogen) atoms. The lowest BCUT2D eigenvalue weighted by atomic mass is 10.1. The zero-order valence-corrected chi connectivity index (χ0v) is 18.5. The second kappa shape index (κ2) is 10.5. The van der Waals surface area contributed by atoms with E-state index in [1.807, 2.05) is 12.1 Å². The summed E-state index contributed by atoms with van der Waals surface area (Å²) in [6.45, 7) is 3.59. The maximum Gasteiger partial charge on any atom is 0.240 e. The van der Waals surface area contributed by atoms with Gasteiger partial charge < -0.3 is 5.32 Å². The molecule has 2 aromatic rings. The lowest BCUT2D eigenvalue weighted by Gasteiger charge is -2.22. The van der Waals surface area contributed by atoms with Gasteiger partial charge in [-0.1, -0.05) is 36.4 Å². The standard InChI is InChI=1S/C21H26N2O4S2/c1-16-7-4-5-8-19(16)15-28-12-11-22-21(25)14-23(29(3,26)27)20-10-6-9-18(13-20)17(2)24/h4-10,13H,11-12,14-15H2,1-3H3,(H,22,25). The fourth-order valence-electron chi connectivity index (χ4n) is 2.68. The molecule has 2 rings (SSSR count). The molecule has 0 fully saturated rings. The molecule has 1 N–H and O–H groups in total. The molecule has 0 aliphatic rings. The van der Waals surface area contributed by atoms with Crippen LogP contribution in [0.25, 0.3) is 0 Å². The summed E-state index contributed by atoms with van der Waals surface area (Å²) >= 11 is 1.70. The number of hydrogen-bond donors (Lipinski definition) is 1. The quantitative estimate of drug-likeness (QED) is 0.459. The highest BCUT2D eigenvalue weighted by Gasteiger charge is 2.21. The summed E-state index contributed by atoms with van der Waals surface area (Å²) in [4.78, 5) is 23.9. The summed E-state index contributed by atoms with van der Waals surface area (Å²) in [7, 11) is -3.68. The lowest BCUT2D eigenvalue weighted by molar-refractivity contribution is -0.119.